The number of unbranched alkanes of at least 4 members (excludes halogenated alkanes) is 3. The van der Waals surface area contributed by atoms with Gasteiger partial charge in [-0.3, -0.25) is 0 Å². The highest BCUT2D eigenvalue weighted by atomic mass is 16.5. The van der Waals surface area contributed by atoms with Gasteiger partial charge in [0.1, 0.15) is 0 Å². The van der Waals surface area contributed by atoms with Crippen molar-refractivity contribution in [1.82, 2.24) is 5.32 Å². The van der Waals surface area contributed by atoms with Gasteiger partial charge in [-0.05, 0) is 26.3 Å². The molecule has 0 aliphatic heterocycles. The Labute approximate surface area is 89.4 Å². The summed E-state index contributed by atoms with van der Waals surface area (Å²) in [5.41, 5.74) is 0. The third kappa shape index (κ3) is 10.0. The van der Waals surface area contributed by atoms with Gasteiger partial charge in [0.25, 0.3) is 0 Å². The zero-order valence-corrected chi connectivity index (χ0v) is 10.1. The molecule has 14 heavy (non-hydrogen) atoms. The molecule has 2 nitrogen and oxygen atoms in total. The van der Waals surface area contributed by atoms with Gasteiger partial charge in [-0.2, -0.15) is 0 Å². The predicted octanol–water partition coefficient (Wildman–Crippen LogP) is 2.97. The number of hydrogen-bond acceptors (Lipinski definition) is 2. The number of rotatable bonds is 10. The highest BCUT2D eigenvalue weighted by Gasteiger charge is 1.99. The zero-order chi connectivity index (χ0) is 10.6. The third-order valence-electron chi connectivity index (χ3n) is 2.51. The lowest BCUT2D eigenvalue weighted by Crippen LogP contribution is -2.27. The van der Waals surface area contributed by atoms with Gasteiger partial charge in [-0.25, -0.2) is 0 Å². The van der Waals surface area contributed by atoms with E-state index in [1.807, 2.05) is 0 Å². The van der Waals surface area contributed by atoms with Gasteiger partial charge in [0.15, 0.2) is 0 Å². The summed E-state index contributed by atoms with van der Waals surface area (Å²) in [7, 11) is 1.76. The van der Waals surface area contributed by atoms with Crippen LogP contribution in [0.1, 0.15) is 52.4 Å². The van der Waals surface area contributed by atoms with Crippen LogP contribution in [0, 0.1) is 0 Å². The molecule has 0 aromatic heterocycles. The Balaban J connectivity index is 3.07. The first-order chi connectivity index (χ1) is 6.81. The predicted molar refractivity (Wildman–Crippen MR) is 62.7 cm³/mol. The van der Waals surface area contributed by atoms with Crippen molar-refractivity contribution < 1.29 is 4.74 Å². The maximum Gasteiger partial charge on any atom is 0.0474 e. The quantitative estimate of drug-likeness (QED) is 0.549. The van der Waals surface area contributed by atoms with Crippen LogP contribution in [0.4, 0.5) is 0 Å². The summed E-state index contributed by atoms with van der Waals surface area (Å²) in [6.07, 6.45) is 7.90. The summed E-state index contributed by atoms with van der Waals surface area (Å²) in [6.45, 7) is 6.49. The molecule has 1 N–H and O–H groups in total. The number of nitrogens with one attached hydrogen (secondary N) is 1. The van der Waals surface area contributed by atoms with Crippen LogP contribution in [0.5, 0.6) is 0 Å². The fourth-order valence-electron chi connectivity index (χ4n) is 1.54. The van der Waals surface area contributed by atoms with E-state index in [9.17, 15) is 0 Å². The Kier molecular flexibility index (Phi) is 10.9. The minimum atomic E-state index is 0.670. The molecule has 0 fully saturated rings. The van der Waals surface area contributed by atoms with Gasteiger partial charge in [-0.15, -0.1) is 0 Å². The van der Waals surface area contributed by atoms with E-state index in [2.05, 4.69) is 19.2 Å². The molecule has 2 heteroatoms. The lowest BCUT2D eigenvalue weighted by atomic mass is 10.1. The van der Waals surface area contributed by atoms with Gasteiger partial charge in [0.05, 0.1) is 0 Å². The average Bonchev–Trinajstić information content (AvgIpc) is 2.19. The lowest BCUT2D eigenvalue weighted by Gasteiger charge is -2.13. The Morgan fingerprint density at radius 3 is 2.57 bits per heavy atom. The molecular formula is C12H27NO. The fraction of sp³-hybridized carbons (Fsp3) is 1.00. The van der Waals surface area contributed by atoms with Gasteiger partial charge in [-0.1, -0.05) is 32.6 Å². The molecule has 0 spiro atoms. The normalized spacial score (nSPS) is 13.1. The molecule has 0 aliphatic carbocycles. The van der Waals surface area contributed by atoms with Crippen molar-refractivity contribution in [2.75, 3.05) is 20.3 Å². The van der Waals surface area contributed by atoms with E-state index in [0.29, 0.717) is 6.04 Å². The van der Waals surface area contributed by atoms with Crippen LogP contribution in [0.3, 0.4) is 0 Å². The zero-order valence-electron chi connectivity index (χ0n) is 10.1. The summed E-state index contributed by atoms with van der Waals surface area (Å²) in [4.78, 5) is 0. The van der Waals surface area contributed by atoms with Crippen LogP contribution in [-0.2, 0) is 4.74 Å². The molecule has 86 valence electrons. The minimum Gasteiger partial charge on any atom is -0.385 e. The topological polar surface area (TPSA) is 21.3 Å². The highest BCUT2D eigenvalue weighted by Crippen LogP contribution is 2.04. The Morgan fingerprint density at radius 1 is 1.14 bits per heavy atom. The largest absolute Gasteiger partial charge is 0.385 e. The van der Waals surface area contributed by atoms with E-state index < -0.39 is 0 Å². The molecule has 0 saturated heterocycles. The third-order valence-corrected chi connectivity index (χ3v) is 2.51. The van der Waals surface area contributed by atoms with E-state index in [1.165, 1.54) is 32.1 Å². The molecular weight excluding hydrogens is 174 g/mol. The minimum absolute atomic E-state index is 0.670. The van der Waals surface area contributed by atoms with E-state index in [-0.39, 0.29) is 0 Å². The second kappa shape index (κ2) is 11.0. The van der Waals surface area contributed by atoms with E-state index in [0.717, 1.165) is 19.6 Å². The van der Waals surface area contributed by atoms with Crippen LogP contribution in [0.15, 0.2) is 0 Å². The number of hydrogen-bond donors (Lipinski definition) is 1. The van der Waals surface area contributed by atoms with E-state index in [1.54, 1.807) is 7.11 Å². The average molecular weight is 201 g/mol. The fourth-order valence-corrected chi connectivity index (χ4v) is 1.54. The Hall–Kier alpha value is -0.0800. The number of methoxy groups -OCH3 is 1. The van der Waals surface area contributed by atoms with Gasteiger partial charge < -0.3 is 10.1 Å². The van der Waals surface area contributed by atoms with Crippen molar-refractivity contribution in [2.24, 2.45) is 0 Å². The second-order valence-electron chi connectivity index (χ2n) is 4.05. The van der Waals surface area contributed by atoms with Crippen LogP contribution in [-0.4, -0.2) is 26.3 Å². The molecule has 0 aromatic carbocycles. The highest BCUT2D eigenvalue weighted by molar-refractivity contribution is 4.60. The smallest absolute Gasteiger partial charge is 0.0474 e. The molecule has 0 heterocycles. The van der Waals surface area contributed by atoms with Crippen molar-refractivity contribution in [2.45, 2.75) is 58.4 Å². The van der Waals surface area contributed by atoms with Crippen molar-refractivity contribution in [3.63, 3.8) is 0 Å². The van der Waals surface area contributed by atoms with Crippen molar-refractivity contribution in [3.8, 4) is 0 Å². The molecule has 1 unspecified atom stereocenters. The van der Waals surface area contributed by atoms with Crippen LogP contribution < -0.4 is 5.32 Å². The molecule has 1 atom stereocenters. The van der Waals surface area contributed by atoms with Crippen molar-refractivity contribution >= 4 is 0 Å². The summed E-state index contributed by atoms with van der Waals surface area (Å²) in [5, 5.41) is 3.51. The standard InChI is InChI=1S/C12H27NO/c1-4-5-6-7-9-12(2)13-10-8-11-14-3/h12-13H,4-11H2,1-3H3. The van der Waals surface area contributed by atoms with Crippen LogP contribution in [0.2, 0.25) is 0 Å². The Morgan fingerprint density at radius 2 is 1.93 bits per heavy atom. The monoisotopic (exact) mass is 201 g/mol. The van der Waals surface area contributed by atoms with Crippen molar-refractivity contribution in [3.05, 3.63) is 0 Å². The second-order valence-corrected chi connectivity index (χ2v) is 4.05. The molecule has 0 aliphatic rings. The number of ether oxygens (including phenoxy) is 1. The SMILES string of the molecule is CCCCCCC(C)NCCCOC. The molecule has 0 rings (SSSR count). The molecule has 0 radical (unpaired) electrons. The van der Waals surface area contributed by atoms with Gasteiger partial charge in [0, 0.05) is 19.8 Å². The summed E-state index contributed by atoms with van der Waals surface area (Å²) in [5.74, 6) is 0. The van der Waals surface area contributed by atoms with E-state index >= 15 is 0 Å². The maximum atomic E-state index is 5.00. The molecule has 0 amide bonds. The van der Waals surface area contributed by atoms with E-state index in [4.69, 9.17) is 4.74 Å². The Bertz CT molecular complexity index is 94.5. The summed E-state index contributed by atoms with van der Waals surface area (Å²) in [6, 6.07) is 0.670. The van der Waals surface area contributed by atoms with Gasteiger partial charge in [0.2, 0.25) is 0 Å². The first-order valence-corrected chi connectivity index (χ1v) is 6.03. The molecule has 0 aromatic rings. The summed E-state index contributed by atoms with van der Waals surface area (Å²) < 4.78 is 5.00. The molecule has 0 bridgehead atoms. The molecule has 0 saturated carbocycles. The van der Waals surface area contributed by atoms with Crippen molar-refractivity contribution in [1.29, 1.82) is 0 Å². The maximum absolute atomic E-state index is 5.00. The van der Waals surface area contributed by atoms with Crippen LogP contribution >= 0.6 is 0 Å². The first-order valence-electron chi connectivity index (χ1n) is 6.03. The van der Waals surface area contributed by atoms with Crippen LogP contribution in [0.25, 0.3) is 0 Å². The van der Waals surface area contributed by atoms with Gasteiger partial charge >= 0.3 is 0 Å². The lowest BCUT2D eigenvalue weighted by molar-refractivity contribution is 0.193. The first kappa shape index (κ1) is 13.9. The summed E-state index contributed by atoms with van der Waals surface area (Å²) >= 11 is 0.